The molecule has 0 radical (unpaired) electrons. The van der Waals surface area contributed by atoms with Crippen molar-refractivity contribution in [2.24, 2.45) is 0 Å². The topological polar surface area (TPSA) is 65.1 Å². The van der Waals surface area contributed by atoms with Gasteiger partial charge in [0, 0.05) is 13.6 Å². The molecule has 0 fully saturated rings. The van der Waals surface area contributed by atoms with Crippen LogP contribution in [0.2, 0.25) is 0 Å². The van der Waals surface area contributed by atoms with E-state index in [2.05, 4.69) is 0 Å². The monoisotopic (exact) mass is 365 g/mol. The van der Waals surface area contributed by atoms with Crippen molar-refractivity contribution in [1.82, 2.24) is 4.31 Å². The first-order chi connectivity index (χ1) is 11.8. The van der Waals surface area contributed by atoms with Gasteiger partial charge in [0.25, 0.3) is 0 Å². The molecule has 0 unspecified atom stereocenters. The molecule has 0 amide bonds. The van der Waals surface area contributed by atoms with Crippen LogP contribution in [0.4, 0.5) is 0 Å². The van der Waals surface area contributed by atoms with Crippen LogP contribution >= 0.6 is 0 Å². The second kappa shape index (κ2) is 7.76. The molecule has 0 aromatic heterocycles. The van der Waals surface area contributed by atoms with Gasteiger partial charge in [-0.25, -0.2) is 8.42 Å². The lowest BCUT2D eigenvalue weighted by atomic mass is 10.2. The third-order valence-corrected chi connectivity index (χ3v) is 5.73. The Morgan fingerprint density at radius 2 is 1.48 bits per heavy atom. The third-order valence-electron chi connectivity index (χ3n) is 3.93. The van der Waals surface area contributed by atoms with E-state index in [-0.39, 0.29) is 11.4 Å². The number of aryl methyl sites for hydroxylation is 1. The highest BCUT2D eigenvalue weighted by Gasteiger charge is 2.22. The Morgan fingerprint density at radius 3 is 2.04 bits per heavy atom. The van der Waals surface area contributed by atoms with Gasteiger partial charge in [-0.1, -0.05) is 6.07 Å². The maximum absolute atomic E-state index is 12.8. The minimum Gasteiger partial charge on any atom is -0.496 e. The quantitative estimate of drug-likeness (QED) is 0.755. The summed E-state index contributed by atoms with van der Waals surface area (Å²) in [6, 6.07) is 10.2. The van der Waals surface area contributed by atoms with Gasteiger partial charge in [0.1, 0.15) is 5.75 Å². The van der Waals surface area contributed by atoms with Crippen LogP contribution < -0.4 is 14.2 Å². The van der Waals surface area contributed by atoms with Crippen molar-refractivity contribution >= 4 is 10.0 Å². The highest BCUT2D eigenvalue weighted by molar-refractivity contribution is 7.89. The van der Waals surface area contributed by atoms with Crippen molar-refractivity contribution < 1.29 is 22.6 Å². The van der Waals surface area contributed by atoms with Gasteiger partial charge in [-0.3, -0.25) is 0 Å². The lowest BCUT2D eigenvalue weighted by molar-refractivity contribution is 0.354. The van der Waals surface area contributed by atoms with Crippen LogP contribution in [0.5, 0.6) is 17.2 Å². The second-order valence-electron chi connectivity index (χ2n) is 5.58. The molecule has 0 saturated heterocycles. The average molecular weight is 365 g/mol. The molecule has 0 N–H and O–H groups in total. The lowest BCUT2D eigenvalue weighted by Crippen LogP contribution is -2.26. The molecule has 7 heteroatoms. The zero-order chi connectivity index (χ0) is 18.6. The van der Waals surface area contributed by atoms with Crippen molar-refractivity contribution in [1.29, 1.82) is 0 Å². The predicted octanol–water partition coefficient (Wildman–Crippen LogP) is 2.84. The van der Waals surface area contributed by atoms with E-state index in [0.29, 0.717) is 17.2 Å². The molecule has 2 aromatic rings. The number of sulfonamides is 1. The van der Waals surface area contributed by atoms with Gasteiger partial charge in [-0.15, -0.1) is 0 Å². The zero-order valence-electron chi connectivity index (χ0n) is 15.1. The molecule has 0 aliphatic carbocycles. The first-order valence-electron chi connectivity index (χ1n) is 7.65. The predicted molar refractivity (Wildman–Crippen MR) is 95.9 cm³/mol. The Labute approximate surface area is 149 Å². The molecule has 0 aliphatic heterocycles. The fourth-order valence-corrected chi connectivity index (χ4v) is 3.76. The lowest BCUT2D eigenvalue weighted by Gasteiger charge is -2.19. The van der Waals surface area contributed by atoms with Gasteiger partial charge in [0.15, 0.2) is 11.5 Å². The van der Waals surface area contributed by atoms with Gasteiger partial charge < -0.3 is 14.2 Å². The molecular weight excluding hydrogens is 342 g/mol. The van der Waals surface area contributed by atoms with Gasteiger partial charge in [0.2, 0.25) is 10.0 Å². The van der Waals surface area contributed by atoms with Crippen molar-refractivity contribution in [2.75, 3.05) is 28.4 Å². The third kappa shape index (κ3) is 4.05. The summed E-state index contributed by atoms with van der Waals surface area (Å²) < 4.78 is 42.5. The average Bonchev–Trinajstić information content (AvgIpc) is 2.61. The largest absolute Gasteiger partial charge is 0.496 e. The van der Waals surface area contributed by atoms with Gasteiger partial charge in [-0.2, -0.15) is 4.31 Å². The van der Waals surface area contributed by atoms with Crippen molar-refractivity contribution in [3.63, 3.8) is 0 Å². The Hall–Kier alpha value is -2.25. The maximum atomic E-state index is 12.8. The molecule has 2 rings (SSSR count). The van der Waals surface area contributed by atoms with E-state index < -0.39 is 10.0 Å². The van der Waals surface area contributed by atoms with Crippen LogP contribution in [0, 0.1) is 6.92 Å². The molecule has 136 valence electrons. The Morgan fingerprint density at radius 1 is 0.880 bits per heavy atom. The second-order valence-corrected chi connectivity index (χ2v) is 7.63. The van der Waals surface area contributed by atoms with Crippen LogP contribution in [0.25, 0.3) is 0 Å². The molecule has 6 nitrogen and oxygen atoms in total. The standard InChI is InChI=1S/C18H23NO5S/c1-13-10-15(7-9-16(13)22-3)25(20,21)19(2)12-14-6-8-17(23-4)18(11-14)24-5/h6-11H,12H2,1-5H3. The summed E-state index contributed by atoms with van der Waals surface area (Å²) in [6.07, 6.45) is 0. The summed E-state index contributed by atoms with van der Waals surface area (Å²) in [5.74, 6) is 1.81. The molecule has 0 atom stereocenters. The smallest absolute Gasteiger partial charge is 0.243 e. The van der Waals surface area contributed by atoms with Crippen molar-refractivity contribution in [3.05, 3.63) is 47.5 Å². The highest BCUT2D eigenvalue weighted by atomic mass is 32.2. The summed E-state index contributed by atoms with van der Waals surface area (Å²) in [5.41, 5.74) is 1.57. The summed E-state index contributed by atoms with van der Waals surface area (Å²) in [4.78, 5) is 0.230. The maximum Gasteiger partial charge on any atom is 0.243 e. The molecule has 0 saturated carbocycles. The molecule has 2 aromatic carbocycles. The molecule has 0 bridgehead atoms. The van der Waals surface area contributed by atoms with E-state index in [1.165, 1.54) is 4.31 Å². The molecule has 25 heavy (non-hydrogen) atoms. The Balaban J connectivity index is 2.27. The van der Waals surface area contributed by atoms with E-state index in [1.54, 1.807) is 58.7 Å². The molecular formula is C18H23NO5S. The molecule has 0 spiro atoms. The fourth-order valence-electron chi connectivity index (χ4n) is 2.51. The number of hydrogen-bond donors (Lipinski definition) is 0. The first kappa shape index (κ1) is 19.1. The van der Waals surface area contributed by atoms with Crippen LogP contribution in [0.15, 0.2) is 41.3 Å². The van der Waals surface area contributed by atoms with Crippen LogP contribution in [0.1, 0.15) is 11.1 Å². The number of hydrogen-bond acceptors (Lipinski definition) is 5. The van der Waals surface area contributed by atoms with E-state index in [9.17, 15) is 8.42 Å². The fraction of sp³-hybridized carbons (Fsp3) is 0.333. The van der Waals surface area contributed by atoms with Crippen molar-refractivity contribution in [2.45, 2.75) is 18.4 Å². The Bertz CT molecular complexity index is 849. The van der Waals surface area contributed by atoms with Crippen LogP contribution in [-0.4, -0.2) is 41.1 Å². The van der Waals surface area contributed by atoms with Crippen LogP contribution in [-0.2, 0) is 16.6 Å². The summed E-state index contributed by atoms with van der Waals surface area (Å²) >= 11 is 0. The normalized spacial score (nSPS) is 11.4. The number of rotatable bonds is 7. The Kier molecular flexibility index (Phi) is 5.92. The van der Waals surface area contributed by atoms with E-state index in [4.69, 9.17) is 14.2 Å². The minimum atomic E-state index is -3.61. The van der Waals surface area contributed by atoms with Crippen LogP contribution in [0.3, 0.4) is 0 Å². The van der Waals surface area contributed by atoms with Gasteiger partial charge in [-0.05, 0) is 48.4 Å². The molecule has 0 aliphatic rings. The van der Waals surface area contributed by atoms with E-state index in [0.717, 1.165) is 11.1 Å². The van der Waals surface area contributed by atoms with E-state index in [1.807, 2.05) is 13.0 Å². The molecule has 0 heterocycles. The summed E-state index contributed by atoms with van der Waals surface area (Å²) in [7, 11) is 2.59. The zero-order valence-corrected chi connectivity index (χ0v) is 15.9. The minimum absolute atomic E-state index is 0.216. The van der Waals surface area contributed by atoms with E-state index >= 15 is 0 Å². The first-order valence-corrected chi connectivity index (χ1v) is 9.09. The van der Waals surface area contributed by atoms with Crippen molar-refractivity contribution in [3.8, 4) is 17.2 Å². The highest BCUT2D eigenvalue weighted by Crippen LogP contribution is 2.29. The number of benzene rings is 2. The number of ether oxygens (including phenoxy) is 3. The summed E-state index contributed by atoms with van der Waals surface area (Å²) in [5, 5.41) is 0. The van der Waals surface area contributed by atoms with Gasteiger partial charge >= 0.3 is 0 Å². The van der Waals surface area contributed by atoms with Gasteiger partial charge in [0.05, 0.1) is 26.2 Å². The summed E-state index contributed by atoms with van der Waals surface area (Å²) in [6.45, 7) is 2.03. The number of nitrogens with zero attached hydrogens (tertiary/aromatic N) is 1. The number of methoxy groups -OCH3 is 3. The SMILES string of the molecule is COc1ccc(S(=O)(=O)N(C)Cc2ccc(OC)c(OC)c2)cc1C.